The lowest BCUT2D eigenvalue weighted by Gasteiger charge is -2.17. The van der Waals surface area contributed by atoms with E-state index in [-0.39, 0.29) is 12.3 Å². The van der Waals surface area contributed by atoms with Crippen LogP contribution in [0.3, 0.4) is 0 Å². The molecule has 9 heteroatoms. The van der Waals surface area contributed by atoms with Gasteiger partial charge in [0.1, 0.15) is 11.6 Å². The molecule has 1 aromatic heterocycles. The molecule has 180 valence electrons. The van der Waals surface area contributed by atoms with E-state index in [9.17, 15) is 13.6 Å². The molecular formula is C26H24ClN3O4S. The fraction of sp³-hybridized carbons (Fsp3) is 0.154. The Hall–Kier alpha value is -3.46. The van der Waals surface area contributed by atoms with Crippen LogP contribution in [0.4, 0.5) is 4.79 Å². The normalized spacial score (nSPS) is 11.7. The molecule has 1 unspecified atom stereocenters. The maximum absolute atomic E-state index is 12.4. The second kappa shape index (κ2) is 11.3. The lowest BCUT2D eigenvalue weighted by molar-refractivity contribution is 0.178. The minimum absolute atomic E-state index is 0.0122. The number of aryl methyl sites for hydroxylation is 1. The lowest BCUT2D eigenvalue weighted by Crippen LogP contribution is -2.36. The molecule has 4 rings (SSSR count). The van der Waals surface area contributed by atoms with Crippen molar-refractivity contribution in [3.8, 4) is 22.7 Å². The summed E-state index contributed by atoms with van der Waals surface area (Å²) in [4.78, 5) is 17.2. The molecule has 0 spiro atoms. The zero-order valence-corrected chi connectivity index (χ0v) is 20.6. The highest BCUT2D eigenvalue weighted by atomic mass is 35.5. The second-order valence-corrected chi connectivity index (χ2v) is 9.04. The van der Waals surface area contributed by atoms with E-state index in [4.69, 9.17) is 21.3 Å². The van der Waals surface area contributed by atoms with Crippen LogP contribution in [0.1, 0.15) is 18.3 Å². The maximum atomic E-state index is 12.4. The Morgan fingerprint density at radius 3 is 2.37 bits per heavy atom. The van der Waals surface area contributed by atoms with Crippen molar-refractivity contribution in [1.82, 2.24) is 13.9 Å². The van der Waals surface area contributed by atoms with Crippen molar-refractivity contribution in [3.63, 3.8) is 0 Å². The quantitative estimate of drug-likeness (QED) is 0.297. The molecule has 1 amide bonds. The molecule has 0 saturated carbocycles. The Kier molecular flexibility index (Phi) is 7.97. The zero-order valence-electron chi connectivity index (χ0n) is 19.0. The van der Waals surface area contributed by atoms with Crippen molar-refractivity contribution >= 4 is 29.0 Å². The molecular weight excluding hydrogens is 486 g/mol. The van der Waals surface area contributed by atoms with Gasteiger partial charge in [-0.15, -0.1) is 0 Å². The number of hydrogen-bond donors (Lipinski definition) is 1. The largest absolute Gasteiger partial charge is 0.428 e. The highest BCUT2D eigenvalue weighted by Crippen LogP contribution is 2.22. The Bertz CT molecular complexity index is 1310. The summed E-state index contributed by atoms with van der Waals surface area (Å²) in [6.45, 7) is 2.08. The van der Waals surface area contributed by atoms with Crippen LogP contribution >= 0.6 is 11.6 Å². The van der Waals surface area contributed by atoms with Crippen LogP contribution in [-0.2, 0) is 24.1 Å². The summed E-state index contributed by atoms with van der Waals surface area (Å²) in [5.41, 5.74) is 3.84. The van der Waals surface area contributed by atoms with E-state index in [2.05, 4.69) is 11.5 Å². The van der Waals surface area contributed by atoms with E-state index in [0.717, 1.165) is 39.1 Å². The van der Waals surface area contributed by atoms with E-state index in [1.165, 1.54) is 12.1 Å². The highest BCUT2D eigenvalue weighted by molar-refractivity contribution is 7.77. The maximum Gasteiger partial charge on any atom is 0.428 e. The Morgan fingerprint density at radius 2 is 1.74 bits per heavy atom. The molecule has 0 bridgehead atoms. The number of ether oxygens (including phenoxy) is 1. The summed E-state index contributed by atoms with van der Waals surface area (Å²) in [6.07, 6.45) is 2.26. The standard InChI is InChI=1S/C26H24ClN3O4S/c1-2-25-28-24(20-6-4-3-5-7-20)18-29(25)22-12-8-19(9-13-22)16-17-30(35(32)33)26(31)34-23-14-10-21(27)11-15-23/h3-15,18H,2,16-17H2,1H3,(H,32,33). The van der Waals surface area contributed by atoms with Crippen LogP contribution in [0, 0.1) is 0 Å². The van der Waals surface area contributed by atoms with Gasteiger partial charge >= 0.3 is 6.09 Å². The van der Waals surface area contributed by atoms with E-state index in [1.807, 2.05) is 60.8 Å². The summed E-state index contributed by atoms with van der Waals surface area (Å²) in [5.74, 6) is 1.18. The van der Waals surface area contributed by atoms with Gasteiger partial charge in [-0.25, -0.2) is 18.3 Å². The second-order valence-electron chi connectivity index (χ2n) is 7.70. The number of benzene rings is 3. The average molecular weight is 510 g/mol. The van der Waals surface area contributed by atoms with Gasteiger partial charge in [0.15, 0.2) is 0 Å². The summed E-state index contributed by atoms with van der Waals surface area (Å²) in [6, 6.07) is 24.0. The van der Waals surface area contributed by atoms with Crippen molar-refractivity contribution in [2.24, 2.45) is 0 Å². The summed E-state index contributed by atoms with van der Waals surface area (Å²) >= 11 is 3.31. The highest BCUT2D eigenvalue weighted by Gasteiger charge is 2.21. The molecule has 0 aliphatic rings. The third kappa shape index (κ3) is 6.16. The zero-order chi connectivity index (χ0) is 24.8. The Labute approximate surface area is 211 Å². The molecule has 1 heterocycles. The van der Waals surface area contributed by atoms with Crippen LogP contribution < -0.4 is 4.74 Å². The van der Waals surface area contributed by atoms with Gasteiger partial charge in [0.25, 0.3) is 11.3 Å². The van der Waals surface area contributed by atoms with Gasteiger partial charge < -0.3 is 9.30 Å². The first-order chi connectivity index (χ1) is 16.9. The van der Waals surface area contributed by atoms with E-state index >= 15 is 0 Å². The van der Waals surface area contributed by atoms with Crippen LogP contribution in [-0.4, -0.2) is 35.3 Å². The molecule has 4 aromatic rings. The summed E-state index contributed by atoms with van der Waals surface area (Å²) in [7, 11) is 0. The Balaban J connectivity index is 1.44. The first-order valence-electron chi connectivity index (χ1n) is 11.0. The predicted molar refractivity (Wildman–Crippen MR) is 137 cm³/mol. The van der Waals surface area contributed by atoms with Crippen LogP contribution in [0.15, 0.2) is 85.1 Å². The molecule has 7 nitrogen and oxygen atoms in total. The molecule has 0 saturated heterocycles. The third-order valence-corrected chi connectivity index (χ3v) is 6.35. The van der Waals surface area contributed by atoms with Crippen LogP contribution in [0.2, 0.25) is 5.02 Å². The number of amides is 1. The lowest BCUT2D eigenvalue weighted by atomic mass is 10.1. The monoisotopic (exact) mass is 509 g/mol. The van der Waals surface area contributed by atoms with E-state index < -0.39 is 17.4 Å². The fourth-order valence-electron chi connectivity index (χ4n) is 3.58. The molecule has 1 atom stereocenters. The molecule has 35 heavy (non-hydrogen) atoms. The van der Waals surface area contributed by atoms with Crippen LogP contribution in [0.25, 0.3) is 16.9 Å². The van der Waals surface area contributed by atoms with Gasteiger partial charge in [0.05, 0.1) is 5.69 Å². The molecule has 0 aliphatic heterocycles. The van der Waals surface area contributed by atoms with Crippen molar-refractivity contribution < 1.29 is 18.3 Å². The molecule has 1 N–H and O–H groups in total. The van der Waals surface area contributed by atoms with Gasteiger partial charge in [0, 0.05) is 35.4 Å². The van der Waals surface area contributed by atoms with Crippen LogP contribution in [0.5, 0.6) is 5.75 Å². The number of imidazole rings is 1. The van der Waals surface area contributed by atoms with Crippen molar-refractivity contribution in [2.45, 2.75) is 19.8 Å². The van der Waals surface area contributed by atoms with Gasteiger partial charge in [-0.05, 0) is 48.4 Å². The SMILES string of the molecule is CCc1nc(-c2ccccc2)cn1-c1ccc(CCN(C(=O)Oc2ccc(Cl)cc2)S(=O)O)cc1. The summed E-state index contributed by atoms with van der Waals surface area (Å²) < 4.78 is 29.3. The van der Waals surface area contributed by atoms with Crippen molar-refractivity contribution in [2.75, 3.05) is 6.54 Å². The topological polar surface area (TPSA) is 84.7 Å². The third-order valence-electron chi connectivity index (χ3n) is 5.39. The van der Waals surface area contributed by atoms with Gasteiger partial charge in [-0.3, -0.25) is 4.55 Å². The number of carbonyl (C=O) groups excluding carboxylic acids is 1. The molecule has 0 fully saturated rings. The van der Waals surface area contributed by atoms with Crippen molar-refractivity contribution in [3.05, 3.63) is 101 Å². The number of rotatable bonds is 8. The van der Waals surface area contributed by atoms with Gasteiger partial charge in [0.2, 0.25) is 0 Å². The van der Waals surface area contributed by atoms with E-state index in [0.29, 0.717) is 11.4 Å². The predicted octanol–water partition coefficient (Wildman–Crippen LogP) is 5.94. The summed E-state index contributed by atoms with van der Waals surface area (Å²) in [5, 5.41) is 0.494. The first-order valence-corrected chi connectivity index (χ1v) is 12.5. The van der Waals surface area contributed by atoms with E-state index in [1.54, 1.807) is 12.1 Å². The molecule has 0 radical (unpaired) electrons. The number of nitrogens with zero attached hydrogens (tertiary/aromatic N) is 3. The van der Waals surface area contributed by atoms with Gasteiger partial charge in [-0.2, -0.15) is 0 Å². The van der Waals surface area contributed by atoms with Gasteiger partial charge in [-0.1, -0.05) is 61.0 Å². The minimum atomic E-state index is -2.52. The molecule has 3 aromatic carbocycles. The fourth-order valence-corrected chi connectivity index (χ4v) is 4.12. The minimum Gasteiger partial charge on any atom is -0.410 e. The average Bonchev–Trinajstić information content (AvgIpc) is 3.31. The number of hydrogen-bond acceptors (Lipinski definition) is 4. The molecule has 0 aliphatic carbocycles. The first kappa shape index (κ1) is 24.7. The Morgan fingerprint density at radius 1 is 1.06 bits per heavy atom. The number of halogens is 1. The van der Waals surface area contributed by atoms with Crippen molar-refractivity contribution in [1.29, 1.82) is 0 Å². The number of carbonyl (C=O) groups is 1. The smallest absolute Gasteiger partial charge is 0.410 e. The number of aromatic nitrogens is 2.